The van der Waals surface area contributed by atoms with E-state index in [2.05, 4.69) is 36.3 Å². The first-order chi connectivity index (χ1) is 10.2. The normalized spacial score (nSPS) is 10.5. The summed E-state index contributed by atoms with van der Waals surface area (Å²) in [7, 11) is 0. The monoisotopic (exact) mass is 345 g/mol. The Bertz CT molecular complexity index is 745. The summed E-state index contributed by atoms with van der Waals surface area (Å²) in [6.45, 7) is 0.603. The molecule has 0 saturated carbocycles. The first kappa shape index (κ1) is 13.6. The molecule has 2 N–H and O–H groups in total. The number of aromatic nitrogens is 4. The number of rotatable bonds is 4. The predicted molar refractivity (Wildman–Crippen MR) is 82.3 cm³/mol. The van der Waals surface area contributed by atoms with E-state index in [0.29, 0.717) is 16.8 Å². The molecule has 6 nitrogen and oxygen atoms in total. The number of benzene rings is 1. The summed E-state index contributed by atoms with van der Waals surface area (Å²) in [4.78, 5) is 8.24. The van der Waals surface area contributed by atoms with Gasteiger partial charge < -0.3 is 10.4 Å². The number of hydrogen-bond donors (Lipinski definition) is 2. The Labute approximate surface area is 129 Å². The Morgan fingerprint density at radius 3 is 2.95 bits per heavy atom. The molecule has 0 aliphatic heterocycles. The van der Waals surface area contributed by atoms with Gasteiger partial charge in [-0.3, -0.25) is 0 Å². The molecule has 0 amide bonds. The van der Waals surface area contributed by atoms with Crippen LogP contribution in [0.25, 0.3) is 5.82 Å². The predicted octanol–water partition coefficient (Wildman–Crippen LogP) is 2.74. The van der Waals surface area contributed by atoms with Crippen molar-refractivity contribution in [2.45, 2.75) is 6.54 Å². The average Bonchev–Trinajstić information content (AvgIpc) is 3.03. The lowest BCUT2D eigenvalue weighted by atomic mass is 10.2. The fraction of sp³-hybridized carbons (Fsp3) is 0.0714. The summed E-state index contributed by atoms with van der Waals surface area (Å²) in [6.07, 6.45) is 4.78. The summed E-state index contributed by atoms with van der Waals surface area (Å²) >= 11 is 3.31. The van der Waals surface area contributed by atoms with Gasteiger partial charge in [-0.05, 0) is 45.8 Å². The van der Waals surface area contributed by atoms with Gasteiger partial charge in [-0.1, -0.05) is 6.07 Å². The summed E-state index contributed by atoms with van der Waals surface area (Å²) in [5.74, 6) is 0.913. The molecule has 2 aromatic heterocycles. The third-order valence-corrected chi connectivity index (χ3v) is 3.55. The second-order valence-electron chi connectivity index (χ2n) is 4.35. The molecule has 1 aromatic carbocycles. The van der Waals surface area contributed by atoms with Crippen LogP contribution in [0, 0.1) is 0 Å². The largest absolute Gasteiger partial charge is 0.507 e. The van der Waals surface area contributed by atoms with Crippen LogP contribution in [0.2, 0.25) is 0 Å². The third-order valence-electron chi connectivity index (χ3n) is 2.92. The Hall–Kier alpha value is -2.41. The van der Waals surface area contributed by atoms with Gasteiger partial charge in [0.2, 0.25) is 0 Å². The molecule has 0 radical (unpaired) electrons. The molecular weight excluding hydrogens is 334 g/mol. The summed E-state index contributed by atoms with van der Waals surface area (Å²) < 4.78 is 2.28. The Morgan fingerprint density at radius 1 is 1.29 bits per heavy atom. The van der Waals surface area contributed by atoms with Crippen molar-refractivity contribution in [3.8, 4) is 11.6 Å². The fourth-order valence-electron chi connectivity index (χ4n) is 1.89. The SMILES string of the molecule is Oc1ccc(CNc2cccnc2-n2cncn2)cc1Br. The molecule has 0 atom stereocenters. The van der Waals surface area contributed by atoms with Crippen LogP contribution in [0.4, 0.5) is 5.69 Å². The second-order valence-corrected chi connectivity index (χ2v) is 5.21. The minimum absolute atomic E-state index is 0.225. The molecule has 0 unspecified atom stereocenters. The van der Waals surface area contributed by atoms with Crippen LogP contribution in [0.1, 0.15) is 5.56 Å². The number of anilines is 1. The topological polar surface area (TPSA) is 75.9 Å². The van der Waals surface area contributed by atoms with Gasteiger partial charge in [0.25, 0.3) is 0 Å². The maximum Gasteiger partial charge on any atom is 0.178 e. The zero-order valence-electron chi connectivity index (χ0n) is 10.9. The van der Waals surface area contributed by atoms with Gasteiger partial charge >= 0.3 is 0 Å². The van der Waals surface area contributed by atoms with Gasteiger partial charge in [-0.15, -0.1) is 0 Å². The average molecular weight is 346 g/mol. The first-order valence-electron chi connectivity index (χ1n) is 6.25. The molecule has 2 heterocycles. The van der Waals surface area contributed by atoms with Gasteiger partial charge in [0.15, 0.2) is 5.82 Å². The molecule has 3 rings (SSSR count). The molecule has 7 heteroatoms. The lowest BCUT2D eigenvalue weighted by Gasteiger charge is -2.11. The minimum Gasteiger partial charge on any atom is -0.507 e. The highest BCUT2D eigenvalue weighted by atomic mass is 79.9. The van der Waals surface area contributed by atoms with Crippen LogP contribution >= 0.6 is 15.9 Å². The maximum atomic E-state index is 9.50. The van der Waals surface area contributed by atoms with Crippen LogP contribution in [0.15, 0.2) is 53.7 Å². The third kappa shape index (κ3) is 3.03. The summed E-state index contributed by atoms with van der Waals surface area (Å²) in [5.41, 5.74) is 1.89. The molecule has 0 aliphatic carbocycles. The van der Waals surface area contributed by atoms with Crippen molar-refractivity contribution in [3.63, 3.8) is 0 Å². The lowest BCUT2D eigenvalue weighted by Crippen LogP contribution is -2.06. The van der Waals surface area contributed by atoms with Gasteiger partial charge in [-0.25, -0.2) is 14.6 Å². The second kappa shape index (κ2) is 5.92. The van der Waals surface area contributed by atoms with E-state index in [9.17, 15) is 5.11 Å². The van der Waals surface area contributed by atoms with E-state index in [4.69, 9.17) is 0 Å². The molecule has 0 fully saturated rings. The zero-order chi connectivity index (χ0) is 14.7. The van der Waals surface area contributed by atoms with E-state index >= 15 is 0 Å². The van der Waals surface area contributed by atoms with Crippen LogP contribution in [0.5, 0.6) is 5.75 Å². The first-order valence-corrected chi connectivity index (χ1v) is 7.04. The number of halogens is 1. The number of aromatic hydroxyl groups is 1. The maximum absolute atomic E-state index is 9.50. The highest BCUT2D eigenvalue weighted by Crippen LogP contribution is 2.25. The molecule has 21 heavy (non-hydrogen) atoms. The number of nitrogens with zero attached hydrogens (tertiary/aromatic N) is 4. The Balaban J connectivity index is 1.81. The van der Waals surface area contributed by atoms with Crippen molar-refractivity contribution in [1.82, 2.24) is 19.7 Å². The molecule has 3 aromatic rings. The van der Waals surface area contributed by atoms with Crippen molar-refractivity contribution >= 4 is 21.6 Å². The van der Waals surface area contributed by atoms with Crippen LogP contribution in [-0.2, 0) is 6.54 Å². The van der Waals surface area contributed by atoms with Crippen molar-refractivity contribution < 1.29 is 5.11 Å². The summed E-state index contributed by atoms with van der Waals surface area (Å²) in [6, 6.07) is 9.17. The smallest absolute Gasteiger partial charge is 0.178 e. The van der Waals surface area contributed by atoms with E-state index < -0.39 is 0 Å². The van der Waals surface area contributed by atoms with Gasteiger partial charge in [-0.2, -0.15) is 5.10 Å². The molecular formula is C14H12BrN5O. The summed E-state index contributed by atoms with van der Waals surface area (Å²) in [5, 5.41) is 16.9. The van der Waals surface area contributed by atoms with E-state index in [0.717, 1.165) is 11.3 Å². The highest BCUT2D eigenvalue weighted by Gasteiger charge is 2.06. The van der Waals surface area contributed by atoms with E-state index in [-0.39, 0.29) is 5.75 Å². The van der Waals surface area contributed by atoms with E-state index in [1.165, 1.54) is 6.33 Å². The van der Waals surface area contributed by atoms with Gasteiger partial charge in [0, 0.05) is 12.7 Å². The number of phenols is 1. The molecule has 0 aliphatic rings. The van der Waals surface area contributed by atoms with E-state index in [1.54, 1.807) is 23.3 Å². The van der Waals surface area contributed by atoms with Gasteiger partial charge in [0.1, 0.15) is 18.4 Å². The zero-order valence-corrected chi connectivity index (χ0v) is 12.5. The van der Waals surface area contributed by atoms with Crippen LogP contribution in [0.3, 0.4) is 0 Å². The molecule has 0 saturated heterocycles. The van der Waals surface area contributed by atoms with Crippen molar-refractivity contribution in [2.24, 2.45) is 0 Å². The molecule has 0 spiro atoms. The van der Waals surface area contributed by atoms with Crippen molar-refractivity contribution in [2.75, 3.05) is 5.32 Å². The standard InChI is InChI=1S/C14H12BrN5O/c15-11-6-10(3-4-13(11)21)7-18-12-2-1-5-17-14(12)20-9-16-8-19-20/h1-6,8-9,18,21H,7H2. The van der Waals surface area contributed by atoms with E-state index in [1.807, 2.05) is 24.3 Å². The highest BCUT2D eigenvalue weighted by molar-refractivity contribution is 9.10. The number of phenolic OH excluding ortho intramolecular Hbond substituents is 1. The Morgan fingerprint density at radius 2 is 2.19 bits per heavy atom. The quantitative estimate of drug-likeness (QED) is 0.760. The van der Waals surface area contributed by atoms with Crippen molar-refractivity contribution in [3.05, 3.63) is 59.2 Å². The number of pyridine rings is 1. The van der Waals surface area contributed by atoms with Gasteiger partial charge in [0.05, 0.1) is 10.2 Å². The fourth-order valence-corrected chi connectivity index (χ4v) is 2.32. The molecule has 0 bridgehead atoms. The van der Waals surface area contributed by atoms with Crippen LogP contribution < -0.4 is 5.32 Å². The van der Waals surface area contributed by atoms with Crippen LogP contribution in [-0.4, -0.2) is 24.9 Å². The number of nitrogens with one attached hydrogen (secondary N) is 1. The van der Waals surface area contributed by atoms with Crippen molar-refractivity contribution in [1.29, 1.82) is 0 Å². The minimum atomic E-state index is 0.225. The molecule has 106 valence electrons. The lowest BCUT2D eigenvalue weighted by molar-refractivity contribution is 0.471. The Kier molecular flexibility index (Phi) is 3.83. The number of hydrogen-bond acceptors (Lipinski definition) is 5.